The van der Waals surface area contributed by atoms with Crippen LogP contribution in [0.3, 0.4) is 0 Å². The Bertz CT molecular complexity index is 744. The fraction of sp³-hybridized carbons (Fsp3) is 0.444. The second kappa shape index (κ2) is 8.77. The van der Waals surface area contributed by atoms with Crippen molar-refractivity contribution >= 4 is 11.7 Å². The van der Waals surface area contributed by atoms with Crippen molar-refractivity contribution < 1.29 is 18.7 Å². The minimum Gasteiger partial charge on any atom is -0.496 e. The number of aromatic nitrogens is 2. The molecular formula is C18H23FN4O3. The Hall–Kier alpha value is -2.45. The first-order valence-electron chi connectivity index (χ1n) is 8.65. The fourth-order valence-electron chi connectivity index (χ4n) is 2.90. The van der Waals surface area contributed by atoms with E-state index in [-0.39, 0.29) is 11.7 Å². The summed E-state index contributed by atoms with van der Waals surface area (Å²) in [6, 6.07) is 5.97. The summed E-state index contributed by atoms with van der Waals surface area (Å²) in [4.78, 5) is 14.4. The molecule has 1 saturated heterocycles. The molecule has 7 nitrogen and oxygen atoms in total. The van der Waals surface area contributed by atoms with E-state index < -0.39 is 0 Å². The van der Waals surface area contributed by atoms with Crippen LogP contribution in [-0.2, 0) is 9.53 Å². The average molecular weight is 362 g/mol. The van der Waals surface area contributed by atoms with Crippen molar-refractivity contribution in [2.24, 2.45) is 0 Å². The van der Waals surface area contributed by atoms with E-state index in [2.05, 4.69) is 20.4 Å². The molecule has 2 heterocycles. The zero-order valence-electron chi connectivity index (χ0n) is 14.8. The maximum absolute atomic E-state index is 13.3. The smallest absolute Gasteiger partial charge is 0.225 e. The SMILES string of the molecule is COc1cc(F)ccc1-c1cc(NC(=O)CCCN2CCOCC2)n[nH]1. The Labute approximate surface area is 151 Å². The van der Waals surface area contributed by atoms with Crippen LogP contribution in [0.2, 0.25) is 0 Å². The van der Waals surface area contributed by atoms with Gasteiger partial charge in [-0.05, 0) is 25.1 Å². The first kappa shape index (κ1) is 18.3. The highest BCUT2D eigenvalue weighted by atomic mass is 19.1. The first-order valence-corrected chi connectivity index (χ1v) is 8.65. The molecule has 1 aromatic carbocycles. The lowest BCUT2D eigenvalue weighted by molar-refractivity contribution is -0.116. The molecule has 1 aliphatic heterocycles. The monoisotopic (exact) mass is 362 g/mol. The Balaban J connectivity index is 1.52. The number of anilines is 1. The molecule has 0 aliphatic carbocycles. The molecular weight excluding hydrogens is 339 g/mol. The van der Waals surface area contributed by atoms with Gasteiger partial charge in [-0.15, -0.1) is 0 Å². The van der Waals surface area contributed by atoms with Gasteiger partial charge in [-0.25, -0.2) is 4.39 Å². The van der Waals surface area contributed by atoms with Crippen LogP contribution < -0.4 is 10.1 Å². The number of nitrogens with zero attached hydrogens (tertiary/aromatic N) is 2. The molecule has 0 spiro atoms. The van der Waals surface area contributed by atoms with Crippen LogP contribution >= 0.6 is 0 Å². The van der Waals surface area contributed by atoms with Crippen LogP contribution in [0.4, 0.5) is 10.2 Å². The lowest BCUT2D eigenvalue weighted by Crippen LogP contribution is -2.37. The molecule has 0 bridgehead atoms. The van der Waals surface area contributed by atoms with Crippen molar-refractivity contribution in [2.45, 2.75) is 12.8 Å². The molecule has 1 aliphatic rings. The van der Waals surface area contributed by atoms with Crippen LogP contribution in [0, 0.1) is 5.82 Å². The summed E-state index contributed by atoms with van der Waals surface area (Å²) in [7, 11) is 1.48. The van der Waals surface area contributed by atoms with Crippen LogP contribution in [0.15, 0.2) is 24.3 Å². The number of morpholine rings is 1. The van der Waals surface area contributed by atoms with E-state index >= 15 is 0 Å². The van der Waals surface area contributed by atoms with Crippen molar-refractivity contribution in [3.05, 3.63) is 30.1 Å². The molecule has 8 heteroatoms. The van der Waals surface area contributed by atoms with E-state index in [0.717, 1.165) is 39.3 Å². The number of hydrogen-bond donors (Lipinski definition) is 2. The Morgan fingerprint density at radius 2 is 2.19 bits per heavy atom. The van der Waals surface area contributed by atoms with Crippen molar-refractivity contribution in [3.8, 4) is 17.0 Å². The van der Waals surface area contributed by atoms with Crippen LogP contribution in [-0.4, -0.2) is 61.0 Å². The van der Waals surface area contributed by atoms with Gasteiger partial charge < -0.3 is 14.8 Å². The number of ether oxygens (including phenoxy) is 2. The number of hydrogen-bond acceptors (Lipinski definition) is 5. The Kier molecular flexibility index (Phi) is 6.19. The third-order valence-electron chi connectivity index (χ3n) is 4.28. The van der Waals surface area contributed by atoms with Gasteiger partial charge in [-0.3, -0.25) is 14.8 Å². The molecule has 1 fully saturated rings. The standard InChI is InChI=1S/C18H23FN4O3/c1-25-16-11-13(19)4-5-14(16)15-12-17(22-21-15)20-18(24)3-2-6-23-7-9-26-10-8-23/h4-5,11-12H,2-3,6-10H2,1H3,(H2,20,21,22,24). The Morgan fingerprint density at radius 3 is 2.96 bits per heavy atom. The van der Waals surface area contributed by atoms with E-state index in [0.29, 0.717) is 29.2 Å². The molecule has 26 heavy (non-hydrogen) atoms. The largest absolute Gasteiger partial charge is 0.496 e. The maximum Gasteiger partial charge on any atom is 0.225 e. The summed E-state index contributed by atoms with van der Waals surface area (Å²) >= 11 is 0. The third-order valence-corrected chi connectivity index (χ3v) is 4.28. The molecule has 1 amide bonds. The van der Waals surface area contributed by atoms with Crippen LogP contribution in [0.5, 0.6) is 5.75 Å². The minimum absolute atomic E-state index is 0.0811. The predicted octanol–water partition coefficient (Wildman–Crippen LogP) is 2.28. The predicted molar refractivity (Wildman–Crippen MR) is 95.7 cm³/mol. The quantitative estimate of drug-likeness (QED) is 0.790. The topological polar surface area (TPSA) is 79.5 Å². The van der Waals surface area contributed by atoms with Crippen molar-refractivity contribution in [1.29, 1.82) is 0 Å². The van der Waals surface area contributed by atoms with Gasteiger partial charge >= 0.3 is 0 Å². The molecule has 1 aromatic heterocycles. The van der Waals surface area contributed by atoms with Gasteiger partial charge in [0.25, 0.3) is 0 Å². The summed E-state index contributed by atoms with van der Waals surface area (Å²) in [5.41, 5.74) is 1.32. The van der Waals surface area contributed by atoms with E-state index in [9.17, 15) is 9.18 Å². The number of nitrogens with one attached hydrogen (secondary N) is 2. The van der Waals surface area contributed by atoms with E-state index in [1.54, 1.807) is 12.1 Å². The highest BCUT2D eigenvalue weighted by Crippen LogP contribution is 2.30. The van der Waals surface area contributed by atoms with Crippen molar-refractivity contribution in [1.82, 2.24) is 15.1 Å². The molecule has 2 N–H and O–H groups in total. The number of carbonyl (C=O) groups excluding carboxylic acids is 1. The molecule has 0 saturated carbocycles. The number of amides is 1. The van der Waals surface area contributed by atoms with Gasteiger partial charge in [0.05, 0.1) is 26.0 Å². The lowest BCUT2D eigenvalue weighted by Gasteiger charge is -2.26. The zero-order valence-corrected chi connectivity index (χ0v) is 14.8. The van der Waals surface area contributed by atoms with Gasteiger partial charge in [-0.1, -0.05) is 0 Å². The number of methoxy groups -OCH3 is 1. The summed E-state index contributed by atoms with van der Waals surface area (Å²) in [6.45, 7) is 4.24. The first-order chi connectivity index (χ1) is 12.7. The molecule has 0 unspecified atom stereocenters. The number of aromatic amines is 1. The van der Waals surface area contributed by atoms with E-state index in [1.807, 2.05) is 0 Å². The van der Waals surface area contributed by atoms with Gasteiger partial charge in [0.1, 0.15) is 11.6 Å². The van der Waals surface area contributed by atoms with Crippen molar-refractivity contribution in [2.75, 3.05) is 45.3 Å². The molecule has 140 valence electrons. The highest BCUT2D eigenvalue weighted by molar-refractivity contribution is 5.90. The number of rotatable bonds is 7. The number of H-pyrrole nitrogens is 1. The minimum atomic E-state index is -0.376. The van der Waals surface area contributed by atoms with E-state index in [1.165, 1.54) is 19.2 Å². The van der Waals surface area contributed by atoms with Gasteiger partial charge in [0.2, 0.25) is 5.91 Å². The molecule has 2 aromatic rings. The fourth-order valence-corrected chi connectivity index (χ4v) is 2.90. The normalized spacial score (nSPS) is 15.0. The van der Waals surface area contributed by atoms with Crippen LogP contribution in [0.25, 0.3) is 11.3 Å². The third kappa shape index (κ3) is 4.80. The van der Waals surface area contributed by atoms with Crippen LogP contribution in [0.1, 0.15) is 12.8 Å². The average Bonchev–Trinajstić information content (AvgIpc) is 3.10. The number of halogens is 1. The van der Waals surface area contributed by atoms with Crippen molar-refractivity contribution in [3.63, 3.8) is 0 Å². The number of carbonyl (C=O) groups is 1. The number of benzene rings is 1. The summed E-state index contributed by atoms with van der Waals surface area (Å²) in [5, 5.41) is 9.71. The second-order valence-corrected chi connectivity index (χ2v) is 6.12. The van der Waals surface area contributed by atoms with Gasteiger partial charge in [0, 0.05) is 37.2 Å². The highest BCUT2D eigenvalue weighted by Gasteiger charge is 2.13. The summed E-state index contributed by atoms with van der Waals surface area (Å²) in [6.07, 6.45) is 1.22. The Morgan fingerprint density at radius 1 is 1.38 bits per heavy atom. The summed E-state index contributed by atoms with van der Waals surface area (Å²) in [5.74, 6) is 0.376. The van der Waals surface area contributed by atoms with Gasteiger partial charge in [-0.2, -0.15) is 5.10 Å². The zero-order chi connectivity index (χ0) is 18.4. The van der Waals surface area contributed by atoms with E-state index in [4.69, 9.17) is 9.47 Å². The van der Waals surface area contributed by atoms with Gasteiger partial charge in [0.15, 0.2) is 5.82 Å². The molecule has 0 atom stereocenters. The second-order valence-electron chi connectivity index (χ2n) is 6.12. The summed E-state index contributed by atoms with van der Waals surface area (Å²) < 4.78 is 23.8. The molecule has 3 rings (SSSR count). The lowest BCUT2D eigenvalue weighted by atomic mass is 10.1. The molecule has 0 radical (unpaired) electrons. The maximum atomic E-state index is 13.3.